The second-order valence-electron chi connectivity index (χ2n) is 6.09. The first kappa shape index (κ1) is 16.5. The minimum atomic E-state index is -3.35. The number of hydrogen-bond acceptors (Lipinski definition) is 3. The van der Waals surface area contributed by atoms with Gasteiger partial charge in [0.2, 0.25) is 10.0 Å². The molecule has 118 valence electrons. The van der Waals surface area contributed by atoms with Crippen molar-refractivity contribution >= 4 is 10.0 Å². The van der Waals surface area contributed by atoms with Gasteiger partial charge >= 0.3 is 0 Å². The van der Waals surface area contributed by atoms with Gasteiger partial charge in [0.25, 0.3) is 0 Å². The van der Waals surface area contributed by atoms with Crippen molar-refractivity contribution in [3.63, 3.8) is 0 Å². The van der Waals surface area contributed by atoms with E-state index in [-0.39, 0.29) is 6.04 Å². The molecule has 1 aromatic carbocycles. The van der Waals surface area contributed by atoms with Crippen molar-refractivity contribution in [2.75, 3.05) is 20.1 Å². The molecule has 5 heteroatoms. The molecule has 4 nitrogen and oxygen atoms in total. The minimum Gasteiger partial charge on any atom is -0.319 e. The highest BCUT2D eigenvalue weighted by atomic mass is 32.2. The van der Waals surface area contributed by atoms with Crippen molar-refractivity contribution < 1.29 is 8.42 Å². The summed E-state index contributed by atoms with van der Waals surface area (Å²) in [5.41, 5.74) is 1.16. The third-order valence-electron chi connectivity index (χ3n) is 4.27. The first-order chi connectivity index (χ1) is 9.95. The molecule has 0 amide bonds. The summed E-state index contributed by atoms with van der Waals surface area (Å²) in [5.74, 6) is 0.607. The van der Waals surface area contributed by atoms with Crippen LogP contribution in [0.4, 0.5) is 0 Å². The molecule has 1 N–H and O–H groups in total. The van der Waals surface area contributed by atoms with E-state index in [1.54, 1.807) is 16.4 Å². The van der Waals surface area contributed by atoms with Crippen LogP contribution in [0.3, 0.4) is 0 Å². The SMILES string of the molecule is CNCCc1ccc(S(=O)(=O)N2CCC(C)CC2C)cc1. The largest absolute Gasteiger partial charge is 0.319 e. The molecule has 2 unspecified atom stereocenters. The van der Waals surface area contributed by atoms with Gasteiger partial charge in [-0.25, -0.2) is 8.42 Å². The van der Waals surface area contributed by atoms with Gasteiger partial charge in [-0.1, -0.05) is 19.1 Å². The van der Waals surface area contributed by atoms with Gasteiger partial charge in [0.05, 0.1) is 4.90 Å². The second-order valence-corrected chi connectivity index (χ2v) is 7.98. The van der Waals surface area contributed by atoms with E-state index in [0.29, 0.717) is 17.4 Å². The fourth-order valence-electron chi connectivity index (χ4n) is 2.98. The van der Waals surface area contributed by atoms with Crippen LogP contribution < -0.4 is 5.32 Å². The average Bonchev–Trinajstić information content (AvgIpc) is 2.45. The van der Waals surface area contributed by atoms with Crippen LogP contribution >= 0.6 is 0 Å². The number of benzene rings is 1. The molecule has 0 bridgehead atoms. The highest BCUT2D eigenvalue weighted by Crippen LogP contribution is 2.28. The third kappa shape index (κ3) is 3.84. The van der Waals surface area contributed by atoms with E-state index in [4.69, 9.17) is 0 Å². The van der Waals surface area contributed by atoms with Gasteiger partial charge in [0.1, 0.15) is 0 Å². The summed E-state index contributed by atoms with van der Waals surface area (Å²) < 4.78 is 27.1. The molecule has 1 aromatic rings. The Kier molecular flexibility index (Phi) is 5.41. The van der Waals surface area contributed by atoms with Crippen LogP contribution in [0.25, 0.3) is 0 Å². The number of sulfonamides is 1. The summed E-state index contributed by atoms with van der Waals surface area (Å²) in [4.78, 5) is 0.414. The third-order valence-corrected chi connectivity index (χ3v) is 6.30. The van der Waals surface area contributed by atoms with Gasteiger partial charge in [-0.15, -0.1) is 0 Å². The zero-order valence-electron chi connectivity index (χ0n) is 13.2. The Labute approximate surface area is 128 Å². The van der Waals surface area contributed by atoms with Gasteiger partial charge in [-0.3, -0.25) is 0 Å². The molecule has 0 aliphatic carbocycles. The molecule has 0 radical (unpaired) electrons. The average molecular weight is 310 g/mol. The van der Waals surface area contributed by atoms with E-state index in [1.807, 2.05) is 26.1 Å². The lowest BCUT2D eigenvalue weighted by Gasteiger charge is -2.35. The smallest absolute Gasteiger partial charge is 0.243 e. The molecule has 21 heavy (non-hydrogen) atoms. The van der Waals surface area contributed by atoms with Crippen LogP contribution in [-0.2, 0) is 16.4 Å². The second kappa shape index (κ2) is 6.90. The quantitative estimate of drug-likeness (QED) is 0.907. The summed E-state index contributed by atoms with van der Waals surface area (Å²) in [7, 11) is -1.44. The zero-order chi connectivity index (χ0) is 15.5. The molecular formula is C16H26N2O2S. The number of nitrogens with zero attached hydrogens (tertiary/aromatic N) is 1. The summed E-state index contributed by atoms with van der Waals surface area (Å²) >= 11 is 0. The van der Waals surface area contributed by atoms with Crippen molar-refractivity contribution in [1.29, 1.82) is 0 Å². The highest BCUT2D eigenvalue weighted by molar-refractivity contribution is 7.89. The maximum Gasteiger partial charge on any atom is 0.243 e. The Morgan fingerprint density at radius 2 is 1.90 bits per heavy atom. The van der Waals surface area contributed by atoms with Crippen molar-refractivity contribution in [3.05, 3.63) is 29.8 Å². The van der Waals surface area contributed by atoms with Crippen LogP contribution in [0, 0.1) is 5.92 Å². The fraction of sp³-hybridized carbons (Fsp3) is 0.625. The molecule has 0 saturated carbocycles. The van der Waals surface area contributed by atoms with E-state index in [1.165, 1.54) is 0 Å². The molecule has 0 aromatic heterocycles. The van der Waals surface area contributed by atoms with E-state index in [0.717, 1.165) is 31.4 Å². The molecule has 1 saturated heterocycles. The monoisotopic (exact) mass is 310 g/mol. The summed E-state index contributed by atoms with van der Waals surface area (Å²) in [6, 6.07) is 7.40. The van der Waals surface area contributed by atoms with Gasteiger partial charge in [0.15, 0.2) is 0 Å². The number of piperidine rings is 1. The number of rotatable bonds is 5. The van der Waals surface area contributed by atoms with E-state index >= 15 is 0 Å². The molecule has 1 aliphatic rings. The van der Waals surface area contributed by atoms with Crippen molar-refractivity contribution in [3.8, 4) is 0 Å². The number of likely N-dealkylation sites (N-methyl/N-ethyl adjacent to an activating group) is 1. The van der Waals surface area contributed by atoms with Crippen LogP contribution in [0.1, 0.15) is 32.3 Å². The summed E-state index contributed by atoms with van der Waals surface area (Å²) in [6.45, 7) is 5.73. The van der Waals surface area contributed by atoms with Crippen molar-refractivity contribution in [1.82, 2.24) is 9.62 Å². The predicted octanol–water partition coefficient (Wildman–Crippen LogP) is 2.26. The molecule has 1 fully saturated rings. The molecule has 1 heterocycles. The topological polar surface area (TPSA) is 49.4 Å². The van der Waals surface area contributed by atoms with Crippen LogP contribution in [0.15, 0.2) is 29.2 Å². The maximum absolute atomic E-state index is 12.7. The minimum absolute atomic E-state index is 0.0858. The first-order valence-corrected chi connectivity index (χ1v) is 9.14. The van der Waals surface area contributed by atoms with Crippen molar-refractivity contribution in [2.24, 2.45) is 5.92 Å². The number of hydrogen-bond donors (Lipinski definition) is 1. The van der Waals surface area contributed by atoms with Crippen LogP contribution in [0.2, 0.25) is 0 Å². The lowest BCUT2D eigenvalue weighted by atomic mass is 9.95. The van der Waals surface area contributed by atoms with Gasteiger partial charge in [0, 0.05) is 12.6 Å². The normalized spacial score (nSPS) is 24.1. The molecule has 2 atom stereocenters. The standard InChI is InChI=1S/C16H26N2O2S/c1-13-9-11-18(14(2)12-13)21(19,20)16-6-4-15(5-7-16)8-10-17-3/h4-7,13-14,17H,8-12H2,1-3H3. The summed E-state index contributed by atoms with van der Waals surface area (Å²) in [6.07, 6.45) is 2.80. The van der Waals surface area contributed by atoms with Crippen LogP contribution in [-0.4, -0.2) is 38.9 Å². The van der Waals surface area contributed by atoms with E-state index in [9.17, 15) is 8.42 Å². The Morgan fingerprint density at radius 3 is 2.48 bits per heavy atom. The fourth-order valence-corrected chi connectivity index (χ4v) is 4.63. The highest BCUT2D eigenvalue weighted by Gasteiger charge is 2.32. The molecule has 2 rings (SSSR count). The Balaban J connectivity index is 2.15. The van der Waals surface area contributed by atoms with Gasteiger partial charge in [-0.2, -0.15) is 4.31 Å². The maximum atomic E-state index is 12.7. The Morgan fingerprint density at radius 1 is 1.24 bits per heavy atom. The predicted molar refractivity (Wildman–Crippen MR) is 85.8 cm³/mol. The van der Waals surface area contributed by atoms with E-state index < -0.39 is 10.0 Å². The van der Waals surface area contributed by atoms with Crippen molar-refractivity contribution in [2.45, 2.75) is 44.0 Å². The van der Waals surface area contributed by atoms with Crippen LogP contribution in [0.5, 0.6) is 0 Å². The Hall–Kier alpha value is -0.910. The lowest BCUT2D eigenvalue weighted by molar-refractivity contribution is 0.220. The molecular weight excluding hydrogens is 284 g/mol. The summed E-state index contributed by atoms with van der Waals surface area (Å²) in [5, 5.41) is 3.10. The van der Waals surface area contributed by atoms with E-state index in [2.05, 4.69) is 12.2 Å². The van der Waals surface area contributed by atoms with Gasteiger partial charge in [-0.05, 0) is 63.4 Å². The molecule has 1 aliphatic heterocycles. The lowest BCUT2D eigenvalue weighted by Crippen LogP contribution is -2.44. The first-order valence-electron chi connectivity index (χ1n) is 7.70. The number of nitrogens with one attached hydrogen (secondary N) is 1. The zero-order valence-corrected chi connectivity index (χ0v) is 14.0. The van der Waals surface area contributed by atoms with Gasteiger partial charge < -0.3 is 5.32 Å². The Bertz CT molecular complexity index is 554. The molecule has 0 spiro atoms.